The van der Waals surface area contributed by atoms with Gasteiger partial charge in [-0.3, -0.25) is 4.90 Å². The molecule has 3 rings (SSSR count). The predicted octanol–water partition coefficient (Wildman–Crippen LogP) is 3.86. The Bertz CT molecular complexity index is 877. The van der Waals surface area contributed by atoms with Crippen LogP contribution in [0.3, 0.4) is 0 Å². The average molecular weight is 468 g/mol. The molecule has 1 fully saturated rings. The van der Waals surface area contributed by atoms with Crippen LogP contribution in [0.15, 0.2) is 40.9 Å². The zero-order valence-electron chi connectivity index (χ0n) is 15.8. The van der Waals surface area contributed by atoms with Gasteiger partial charge in [-0.15, -0.1) is 0 Å². The van der Waals surface area contributed by atoms with Gasteiger partial charge in [0.05, 0.1) is 7.11 Å². The predicted molar refractivity (Wildman–Crippen MR) is 108 cm³/mol. The smallest absolute Gasteiger partial charge is 0.343 e. The summed E-state index contributed by atoms with van der Waals surface area (Å²) in [6.07, 6.45) is 0. The Kier molecular flexibility index (Phi) is 6.81. The van der Waals surface area contributed by atoms with E-state index in [9.17, 15) is 18.4 Å². The zero-order chi connectivity index (χ0) is 21.0. The summed E-state index contributed by atoms with van der Waals surface area (Å²) in [6, 6.07) is 9.42. The summed E-state index contributed by atoms with van der Waals surface area (Å²) in [4.78, 5) is 27.7. The van der Waals surface area contributed by atoms with E-state index >= 15 is 0 Å². The van der Waals surface area contributed by atoms with Crippen LogP contribution in [0.1, 0.15) is 15.9 Å². The Labute approximate surface area is 175 Å². The first-order valence-corrected chi connectivity index (χ1v) is 9.76. The first-order chi connectivity index (χ1) is 13.9. The third-order valence-electron chi connectivity index (χ3n) is 4.66. The number of hydrogen-bond donors (Lipinski definition) is 1. The fourth-order valence-corrected chi connectivity index (χ4v) is 3.37. The summed E-state index contributed by atoms with van der Waals surface area (Å²) >= 11 is 3.41. The molecule has 9 heteroatoms. The van der Waals surface area contributed by atoms with Gasteiger partial charge in [0.15, 0.2) is 0 Å². The number of amides is 2. The van der Waals surface area contributed by atoms with Gasteiger partial charge >= 0.3 is 12.0 Å². The molecule has 1 aliphatic heterocycles. The lowest BCUT2D eigenvalue weighted by molar-refractivity contribution is 0.0590. The summed E-state index contributed by atoms with van der Waals surface area (Å²) < 4.78 is 33.4. The molecule has 1 aliphatic rings. The third-order valence-corrected chi connectivity index (χ3v) is 5.19. The molecular weight excluding hydrogens is 448 g/mol. The number of halogens is 3. The number of piperazine rings is 1. The van der Waals surface area contributed by atoms with Gasteiger partial charge in [-0.2, -0.15) is 0 Å². The van der Waals surface area contributed by atoms with Crippen LogP contribution in [0, 0.1) is 11.6 Å². The van der Waals surface area contributed by atoms with E-state index in [4.69, 9.17) is 0 Å². The van der Waals surface area contributed by atoms with Crippen LogP contribution in [0.2, 0.25) is 0 Å². The second-order valence-electron chi connectivity index (χ2n) is 6.63. The maximum absolute atomic E-state index is 14.0. The average Bonchev–Trinajstić information content (AvgIpc) is 2.69. The molecular formula is C20H20BrF2N3O3. The number of hydrogen-bond acceptors (Lipinski definition) is 4. The number of urea groups is 1. The SMILES string of the molecule is COC(=O)c1c(F)cc(NC(=O)N2CCN(Cc3ccc(Br)cc3)CC2)cc1F. The number of methoxy groups -OCH3 is 1. The van der Waals surface area contributed by atoms with Crippen LogP contribution in [0.4, 0.5) is 19.3 Å². The van der Waals surface area contributed by atoms with Crippen molar-refractivity contribution in [3.63, 3.8) is 0 Å². The van der Waals surface area contributed by atoms with Crippen LogP contribution in [0.25, 0.3) is 0 Å². The van der Waals surface area contributed by atoms with Crippen molar-refractivity contribution < 1.29 is 23.1 Å². The second-order valence-corrected chi connectivity index (χ2v) is 7.54. The maximum atomic E-state index is 14.0. The topological polar surface area (TPSA) is 61.9 Å². The van der Waals surface area contributed by atoms with Crippen molar-refractivity contribution in [2.24, 2.45) is 0 Å². The molecule has 0 spiro atoms. The van der Waals surface area contributed by atoms with Crippen LogP contribution >= 0.6 is 15.9 Å². The summed E-state index contributed by atoms with van der Waals surface area (Å²) in [5.74, 6) is -3.29. The molecule has 2 aromatic carbocycles. The van der Waals surface area contributed by atoms with Gasteiger partial charge < -0.3 is 15.0 Å². The number of rotatable bonds is 4. The molecule has 0 aliphatic carbocycles. The molecule has 0 saturated carbocycles. The highest BCUT2D eigenvalue weighted by Crippen LogP contribution is 2.20. The minimum absolute atomic E-state index is 0.0602. The molecule has 0 aromatic heterocycles. The highest BCUT2D eigenvalue weighted by atomic mass is 79.9. The monoisotopic (exact) mass is 467 g/mol. The third kappa shape index (κ3) is 5.30. The van der Waals surface area contributed by atoms with Gasteiger partial charge in [0.2, 0.25) is 0 Å². The maximum Gasteiger partial charge on any atom is 0.343 e. The van der Waals surface area contributed by atoms with E-state index in [1.54, 1.807) is 4.90 Å². The number of nitrogens with zero attached hydrogens (tertiary/aromatic N) is 2. The van der Waals surface area contributed by atoms with Crippen molar-refractivity contribution in [3.05, 3.63) is 63.6 Å². The first-order valence-electron chi connectivity index (χ1n) is 8.97. The lowest BCUT2D eigenvalue weighted by atomic mass is 10.1. The van der Waals surface area contributed by atoms with Gasteiger partial charge in [0, 0.05) is 42.9 Å². The lowest BCUT2D eigenvalue weighted by Gasteiger charge is -2.34. The van der Waals surface area contributed by atoms with Crippen molar-refractivity contribution in [1.82, 2.24) is 9.80 Å². The Morgan fingerprint density at radius 2 is 1.66 bits per heavy atom. The van der Waals surface area contributed by atoms with E-state index in [0.29, 0.717) is 26.2 Å². The van der Waals surface area contributed by atoms with Gasteiger partial charge in [-0.05, 0) is 29.8 Å². The normalized spacial score (nSPS) is 14.6. The summed E-state index contributed by atoms with van der Waals surface area (Å²) in [7, 11) is 1.04. The molecule has 0 unspecified atom stereocenters. The molecule has 1 saturated heterocycles. The van der Waals surface area contributed by atoms with Crippen LogP contribution in [0.5, 0.6) is 0 Å². The number of ether oxygens (including phenoxy) is 1. The van der Waals surface area contributed by atoms with Gasteiger partial charge in [-0.25, -0.2) is 18.4 Å². The van der Waals surface area contributed by atoms with Crippen molar-refractivity contribution in [1.29, 1.82) is 0 Å². The van der Waals surface area contributed by atoms with Crippen molar-refractivity contribution >= 4 is 33.6 Å². The Balaban J connectivity index is 1.56. The molecule has 154 valence electrons. The summed E-state index contributed by atoms with van der Waals surface area (Å²) in [6.45, 7) is 3.15. The fourth-order valence-electron chi connectivity index (χ4n) is 3.10. The largest absolute Gasteiger partial charge is 0.465 e. The molecule has 0 bridgehead atoms. The Morgan fingerprint density at radius 3 is 2.21 bits per heavy atom. The van der Waals surface area contributed by atoms with Crippen LogP contribution in [-0.4, -0.2) is 55.1 Å². The quantitative estimate of drug-likeness (QED) is 0.693. The standard InChI is InChI=1S/C20H20BrF2N3O3/c1-29-19(27)18-16(22)10-15(11-17(18)23)24-20(28)26-8-6-25(7-9-26)12-13-2-4-14(21)5-3-13/h2-5,10-11H,6-9,12H2,1H3,(H,24,28). The number of carbonyl (C=O) groups is 2. The number of benzene rings is 2. The second kappa shape index (κ2) is 9.32. The molecule has 1 N–H and O–H groups in total. The number of nitrogens with one attached hydrogen (secondary N) is 1. The van der Waals surface area contributed by atoms with E-state index in [-0.39, 0.29) is 5.69 Å². The van der Waals surface area contributed by atoms with E-state index in [0.717, 1.165) is 30.3 Å². The first kappa shape index (κ1) is 21.2. The van der Waals surface area contributed by atoms with Crippen molar-refractivity contribution in [2.45, 2.75) is 6.54 Å². The minimum Gasteiger partial charge on any atom is -0.465 e. The Morgan fingerprint density at radius 1 is 1.07 bits per heavy atom. The molecule has 6 nitrogen and oxygen atoms in total. The molecule has 29 heavy (non-hydrogen) atoms. The van der Waals surface area contributed by atoms with Gasteiger partial charge in [0.1, 0.15) is 17.2 Å². The number of esters is 1. The molecule has 1 heterocycles. The lowest BCUT2D eigenvalue weighted by Crippen LogP contribution is -2.49. The van der Waals surface area contributed by atoms with E-state index in [1.165, 1.54) is 5.56 Å². The highest BCUT2D eigenvalue weighted by molar-refractivity contribution is 9.10. The number of carbonyl (C=O) groups excluding carboxylic acids is 2. The molecule has 2 amide bonds. The van der Waals surface area contributed by atoms with Crippen LogP contribution in [-0.2, 0) is 11.3 Å². The number of anilines is 1. The van der Waals surface area contributed by atoms with Crippen molar-refractivity contribution in [2.75, 3.05) is 38.6 Å². The highest BCUT2D eigenvalue weighted by Gasteiger charge is 2.23. The Hall–Kier alpha value is -2.52. The fraction of sp³-hybridized carbons (Fsp3) is 0.300. The minimum atomic E-state index is -1.11. The van der Waals surface area contributed by atoms with Gasteiger partial charge in [0.25, 0.3) is 0 Å². The van der Waals surface area contributed by atoms with E-state index in [1.807, 2.05) is 24.3 Å². The van der Waals surface area contributed by atoms with Crippen LogP contribution < -0.4 is 5.32 Å². The van der Waals surface area contributed by atoms with Crippen molar-refractivity contribution in [3.8, 4) is 0 Å². The molecule has 0 radical (unpaired) electrons. The zero-order valence-corrected chi connectivity index (χ0v) is 17.3. The van der Waals surface area contributed by atoms with E-state index in [2.05, 4.69) is 30.9 Å². The molecule has 0 atom stereocenters. The molecule has 2 aromatic rings. The summed E-state index contributed by atoms with van der Waals surface area (Å²) in [5.41, 5.74) is 0.338. The van der Waals surface area contributed by atoms with Gasteiger partial charge in [-0.1, -0.05) is 28.1 Å². The summed E-state index contributed by atoms with van der Waals surface area (Å²) in [5, 5.41) is 2.48. The van der Waals surface area contributed by atoms with E-state index < -0.39 is 29.2 Å².